The Labute approximate surface area is 138 Å². The molecule has 4 saturated heterocycles. The Balaban J connectivity index is 1.66. The van der Waals surface area contributed by atoms with Crippen molar-refractivity contribution in [3.05, 3.63) is 59.7 Å². The predicted octanol–water partition coefficient (Wildman–Crippen LogP) is 4.04. The average Bonchev–Trinajstić information content (AvgIpc) is 2.80. The van der Waals surface area contributed by atoms with Gasteiger partial charge >= 0.3 is 0 Å². The maximum absolute atomic E-state index is 6.78. The topological polar surface area (TPSA) is 12.5 Å². The number of piperidine rings is 3. The van der Waals surface area contributed by atoms with Gasteiger partial charge in [-0.2, -0.15) is 0 Å². The second-order valence-corrected chi connectivity index (χ2v) is 7.62. The van der Waals surface area contributed by atoms with Gasteiger partial charge in [-0.25, -0.2) is 0 Å². The fourth-order valence-electron chi connectivity index (χ4n) is 5.42. The summed E-state index contributed by atoms with van der Waals surface area (Å²) in [6, 6.07) is 11.1. The molecular weight excluding hydrogens is 282 g/mol. The molecule has 1 aliphatic carbocycles. The molecule has 0 amide bonds. The summed E-state index contributed by atoms with van der Waals surface area (Å²) in [4.78, 5) is 2.62. The van der Waals surface area contributed by atoms with Gasteiger partial charge in [-0.05, 0) is 62.9 Å². The van der Waals surface area contributed by atoms with Gasteiger partial charge in [-0.1, -0.05) is 48.6 Å². The Hall–Kier alpha value is -1.38. The van der Waals surface area contributed by atoms with E-state index in [1.54, 1.807) is 5.57 Å². The number of allylic oxidation sites excluding steroid dienone is 2. The molecule has 5 aliphatic rings. The van der Waals surface area contributed by atoms with Gasteiger partial charge in [0.25, 0.3) is 0 Å². The van der Waals surface area contributed by atoms with Crippen LogP contribution >= 0.6 is 0 Å². The molecule has 6 rings (SSSR count). The molecule has 0 spiro atoms. The second-order valence-electron chi connectivity index (χ2n) is 7.62. The van der Waals surface area contributed by atoms with Crippen molar-refractivity contribution < 1.29 is 4.74 Å². The number of benzene rings is 1. The molecule has 0 saturated carbocycles. The zero-order valence-electron chi connectivity index (χ0n) is 13.7. The van der Waals surface area contributed by atoms with E-state index >= 15 is 0 Å². The van der Waals surface area contributed by atoms with E-state index < -0.39 is 0 Å². The van der Waals surface area contributed by atoms with Gasteiger partial charge in [-0.3, -0.25) is 0 Å². The SMILES string of the molecule is C1=CC2OC(c3ccccc3)(C34CCN(CC3)CC4)C2=CCC1. The van der Waals surface area contributed by atoms with Crippen LogP contribution in [-0.2, 0) is 10.3 Å². The van der Waals surface area contributed by atoms with Gasteiger partial charge in [0, 0.05) is 5.41 Å². The summed E-state index contributed by atoms with van der Waals surface area (Å²) in [5.74, 6) is 0. The zero-order valence-corrected chi connectivity index (χ0v) is 13.7. The highest BCUT2D eigenvalue weighted by Crippen LogP contribution is 2.64. The molecule has 2 atom stereocenters. The van der Waals surface area contributed by atoms with Crippen LogP contribution in [0.4, 0.5) is 0 Å². The van der Waals surface area contributed by atoms with Crippen LogP contribution in [0, 0.1) is 5.41 Å². The van der Waals surface area contributed by atoms with Crippen LogP contribution in [0.2, 0.25) is 0 Å². The van der Waals surface area contributed by atoms with Gasteiger partial charge in [0.05, 0.1) is 0 Å². The van der Waals surface area contributed by atoms with Crippen molar-refractivity contribution in [2.45, 2.75) is 43.8 Å². The summed E-state index contributed by atoms with van der Waals surface area (Å²) in [5.41, 5.74) is 3.06. The van der Waals surface area contributed by atoms with Crippen LogP contribution < -0.4 is 0 Å². The lowest BCUT2D eigenvalue weighted by Crippen LogP contribution is -2.66. The van der Waals surface area contributed by atoms with E-state index in [2.05, 4.69) is 53.5 Å². The van der Waals surface area contributed by atoms with Crippen LogP contribution in [0.15, 0.2) is 54.1 Å². The van der Waals surface area contributed by atoms with Gasteiger partial charge in [0.15, 0.2) is 0 Å². The van der Waals surface area contributed by atoms with Gasteiger partial charge in [0.1, 0.15) is 11.7 Å². The first kappa shape index (κ1) is 14.0. The van der Waals surface area contributed by atoms with Crippen LogP contribution in [0.25, 0.3) is 0 Å². The summed E-state index contributed by atoms with van der Waals surface area (Å²) in [6.07, 6.45) is 13.4. The van der Waals surface area contributed by atoms with E-state index in [4.69, 9.17) is 4.74 Å². The van der Waals surface area contributed by atoms with Crippen LogP contribution in [0.1, 0.15) is 37.7 Å². The van der Waals surface area contributed by atoms with E-state index in [0.717, 1.165) is 12.8 Å². The van der Waals surface area contributed by atoms with Crippen molar-refractivity contribution in [2.75, 3.05) is 19.6 Å². The lowest BCUT2D eigenvalue weighted by atomic mass is 9.53. The first-order chi connectivity index (χ1) is 11.3. The Morgan fingerprint density at radius 1 is 0.957 bits per heavy atom. The normalized spacial score (nSPS) is 41.7. The van der Waals surface area contributed by atoms with Crippen molar-refractivity contribution in [2.24, 2.45) is 5.41 Å². The van der Waals surface area contributed by atoms with Crippen molar-refractivity contribution >= 4 is 0 Å². The fourth-order valence-corrected chi connectivity index (χ4v) is 5.42. The number of rotatable bonds is 2. The minimum atomic E-state index is -0.167. The number of hydrogen-bond donors (Lipinski definition) is 0. The number of ether oxygens (including phenoxy) is 1. The third kappa shape index (κ3) is 1.82. The van der Waals surface area contributed by atoms with Crippen molar-refractivity contribution in [1.29, 1.82) is 0 Å². The molecule has 0 radical (unpaired) electrons. The molecule has 2 nitrogen and oxygen atoms in total. The van der Waals surface area contributed by atoms with Crippen molar-refractivity contribution in [3.8, 4) is 0 Å². The van der Waals surface area contributed by atoms with Crippen LogP contribution in [0.5, 0.6) is 0 Å². The molecule has 23 heavy (non-hydrogen) atoms. The van der Waals surface area contributed by atoms with Crippen molar-refractivity contribution in [3.63, 3.8) is 0 Å². The number of fused-ring (bicyclic) bond motifs is 4. The summed E-state index contributed by atoms with van der Waals surface area (Å²) >= 11 is 0. The van der Waals surface area contributed by atoms with E-state index in [1.807, 2.05) is 0 Å². The Kier molecular flexibility index (Phi) is 3.08. The largest absolute Gasteiger partial charge is 0.353 e. The molecule has 1 aromatic rings. The first-order valence-electron chi connectivity index (χ1n) is 9.17. The number of nitrogens with zero attached hydrogens (tertiary/aromatic N) is 1. The summed E-state index contributed by atoms with van der Waals surface area (Å²) in [6.45, 7) is 3.73. The molecule has 4 aliphatic heterocycles. The lowest BCUT2D eigenvalue weighted by molar-refractivity contribution is -0.230. The molecule has 120 valence electrons. The van der Waals surface area contributed by atoms with Crippen LogP contribution in [0.3, 0.4) is 0 Å². The minimum Gasteiger partial charge on any atom is -0.353 e. The third-order valence-electron chi connectivity index (χ3n) is 6.67. The fraction of sp³-hybridized carbons (Fsp3) is 0.524. The molecule has 1 aromatic carbocycles. The third-order valence-corrected chi connectivity index (χ3v) is 6.67. The maximum Gasteiger partial charge on any atom is 0.124 e. The molecule has 2 heteroatoms. The number of hydrogen-bond acceptors (Lipinski definition) is 2. The molecule has 4 fully saturated rings. The van der Waals surface area contributed by atoms with Gasteiger partial charge in [-0.15, -0.1) is 0 Å². The molecule has 0 aromatic heterocycles. The molecule has 4 heterocycles. The van der Waals surface area contributed by atoms with E-state index in [-0.39, 0.29) is 11.7 Å². The Morgan fingerprint density at radius 3 is 2.43 bits per heavy atom. The molecule has 2 unspecified atom stereocenters. The molecule has 2 bridgehead atoms. The second kappa shape index (κ2) is 5.06. The maximum atomic E-state index is 6.78. The average molecular weight is 307 g/mol. The highest BCUT2D eigenvalue weighted by Gasteiger charge is 2.64. The summed E-state index contributed by atoms with van der Waals surface area (Å²) in [7, 11) is 0. The Bertz CT molecular complexity index is 640. The van der Waals surface area contributed by atoms with Gasteiger partial charge < -0.3 is 9.64 Å². The zero-order chi connectivity index (χ0) is 15.3. The first-order valence-corrected chi connectivity index (χ1v) is 9.17. The lowest BCUT2D eigenvalue weighted by Gasteiger charge is -2.64. The van der Waals surface area contributed by atoms with Crippen LogP contribution in [-0.4, -0.2) is 30.6 Å². The smallest absolute Gasteiger partial charge is 0.124 e. The highest BCUT2D eigenvalue weighted by molar-refractivity contribution is 5.47. The van der Waals surface area contributed by atoms with E-state index in [9.17, 15) is 0 Å². The highest BCUT2D eigenvalue weighted by atomic mass is 16.5. The van der Waals surface area contributed by atoms with E-state index in [1.165, 1.54) is 44.5 Å². The van der Waals surface area contributed by atoms with E-state index in [0.29, 0.717) is 5.41 Å². The molecule has 0 N–H and O–H groups in total. The quantitative estimate of drug-likeness (QED) is 0.765. The summed E-state index contributed by atoms with van der Waals surface area (Å²) < 4.78 is 6.78. The minimum absolute atomic E-state index is 0.167. The molecular formula is C21H25NO. The Morgan fingerprint density at radius 2 is 1.70 bits per heavy atom. The van der Waals surface area contributed by atoms with Crippen molar-refractivity contribution in [1.82, 2.24) is 4.90 Å². The predicted molar refractivity (Wildman–Crippen MR) is 92.2 cm³/mol. The monoisotopic (exact) mass is 307 g/mol. The van der Waals surface area contributed by atoms with Gasteiger partial charge in [0.2, 0.25) is 0 Å². The standard InChI is InChI=1S/C21H25NO/c1-3-7-17(8-4-1)21(18-9-5-2-6-10-19(18)23-21)20-11-14-22(15-12-20)16-13-20/h1,3-4,6-10,19H,2,5,11-16H2. The summed E-state index contributed by atoms with van der Waals surface area (Å²) in [5, 5.41) is 0.